The van der Waals surface area contributed by atoms with Crippen LogP contribution in [0.15, 0.2) is 29.3 Å². The summed E-state index contributed by atoms with van der Waals surface area (Å²) in [6, 6.07) is 11.0. The van der Waals surface area contributed by atoms with Crippen molar-refractivity contribution in [2.45, 2.75) is 56.7 Å². The van der Waals surface area contributed by atoms with Gasteiger partial charge in [0.1, 0.15) is 17.2 Å². The summed E-state index contributed by atoms with van der Waals surface area (Å²) >= 11 is 1.55. The molecule has 0 aromatic heterocycles. The van der Waals surface area contributed by atoms with E-state index in [4.69, 9.17) is 4.74 Å². The first-order valence-corrected chi connectivity index (χ1v) is 13.6. The van der Waals surface area contributed by atoms with Crippen LogP contribution in [0.3, 0.4) is 0 Å². The van der Waals surface area contributed by atoms with Crippen molar-refractivity contribution in [2.75, 3.05) is 44.6 Å². The molecule has 0 radical (unpaired) electrons. The van der Waals surface area contributed by atoms with Gasteiger partial charge in [-0.25, -0.2) is 4.99 Å². The number of benzene rings is 1. The Bertz CT molecular complexity index is 907. The Morgan fingerprint density at radius 1 is 1.26 bits per heavy atom. The zero-order valence-electron chi connectivity index (χ0n) is 20.6. The van der Waals surface area contributed by atoms with E-state index in [9.17, 15) is 10.1 Å². The van der Waals surface area contributed by atoms with E-state index in [0.29, 0.717) is 31.5 Å². The SMILES string of the molecule is CCN1C(=O)C(CNc2ccc(CCN3CCCC3)cc2)SC1C(C#N)C1=N[C@@H](C(C)C)CO1. The minimum atomic E-state index is -0.544. The van der Waals surface area contributed by atoms with Gasteiger partial charge in [-0.05, 0) is 62.9 Å². The second-order valence-corrected chi connectivity index (χ2v) is 11.0. The number of carbonyl (C=O) groups is 1. The van der Waals surface area contributed by atoms with Crippen LogP contribution in [0.2, 0.25) is 0 Å². The summed E-state index contributed by atoms with van der Waals surface area (Å²) in [7, 11) is 0. The molecular formula is C26H37N5O2S. The number of nitrogens with one attached hydrogen (secondary N) is 1. The summed E-state index contributed by atoms with van der Waals surface area (Å²) in [5.74, 6) is 0.382. The molecule has 4 rings (SSSR count). The highest BCUT2D eigenvalue weighted by Gasteiger charge is 2.46. The van der Waals surface area contributed by atoms with Gasteiger partial charge in [0.05, 0.1) is 12.1 Å². The maximum absolute atomic E-state index is 13.1. The Kier molecular flexibility index (Phi) is 8.38. The Balaban J connectivity index is 1.33. The van der Waals surface area contributed by atoms with Crippen LogP contribution < -0.4 is 5.32 Å². The molecule has 1 amide bonds. The fraction of sp³-hybridized carbons (Fsp3) is 0.654. The summed E-state index contributed by atoms with van der Waals surface area (Å²) < 4.78 is 5.81. The maximum Gasteiger partial charge on any atom is 0.238 e. The van der Waals surface area contributed by atoms with Crippen LogP contribution in [0.1, 0.15) is 39.2 Å². The topological polar surface area (TPSA) is 81.0 Å². The molecule has 184 valence electrons. The Morgan fingerprint density at radius 3 is 2.62 bits per heavy atom. The van der Waals surface area contributed by atoms with E-state index in [1.807, 2.05) is 6.92 Å². The third kappa shape index (κ3) is 5.69. The summed E-state index contributed by atoms with van der Waals surface area (Å²) in [5, 5.41) is 12.8. The summed E-state index contributed by atoms with van der Waals surface area (Å²) in [6.45, 7) is 11.4. The molecule has 3 unspecified atom stereocenters. The number of nitriles is 1. The molecule has 1 N–H and O–H groups in total. The van der Waals surface area contributed by atoms with E-state index in [-0.39, 0.29) is 22.6 Å². The lowest BCUT2D eigenvalue weighted by atomic mass is 10.1. The van der Waals surface area contributed by atoms with Crippen molar-refractivity contribution in [2.24, 2.45) is 16.8 Å². The molecule has 3 aliphatic rings. The van der Waals surface area contributed by atoms with Gasteiger partial charge in [0.2, 0.25) is 11.8 Å². The fourth-order valence-electron chi connectivity index (χ4n) is 4.79. The van der Waals surface area contributed by atoms with Gasteiger partial charge in [-0.15, -0.1) is 11.8 Å². The average Bonchev–Trinajstić information content (AvgIpc) is 3.59. The van der Waals surface area contributed by atoms with Crippen molar-refractivity contribution < 1.29 is 9.53 Å². The minimum absolute atomic E-state index is 0.0755. The highest BCUT2D eigenvalue weighted by molar-refractivity contribution is 8.01. The first-order chi connectivity index (χ1) is 16.5. The van der Waals surface area contributed by atoms with Gasteiger partial charge in [0.15, 0.2) is 5.92 Å². The van der Waals surface area contributed by atoms with Crippen molar-refractivity contribution in [1.82, 2.24) is 9.80 Å². The van der Waals surface area contributed by atoms with Gasteiger partial charge in [-0.1, -0.05) is 26.0 Å². The fourth-order valence-corrected chi connectivity index (χ4v) is 6.30. The number of ether oxygens (including phenoxy) is 1. The molecule has 2 fully saturated rings. The molecule has 1 aromatic carbocycles. The first-order valence-electron chi connectivity index (χ1n) is 12.6. The smallest absolute Gasteiger partial charge is 0.238 e. The highest BCUT2D eigenvalue weighted by Crippen LogP contribution is 2.37. The molecule has 4 atom stereocenters. The molecule has 0 saturated carbocycles. The van der Waals surface area contributed by atoms with Crippen molar-refractivity contribution in [3.8, 4) is 6.07 Å². The number of hydrogen-bond donors (Lipinski definition) is 1. The van der Waals surface area contributed by atoms with Gasteiger partial charge < -0.3 is 19.9 Å². The van der Waals surface area contributed by atoms with Crippen LogP contribution in [0.4, 0.5) is 5.69 Å². The number of hydrogen-bond acceptors (Lipinski definition) is 7. The molecule has 0 aliphatic carbocycles. The van der Waals surface area contributed by atoms with Gasteiger partial charge in [-0.2, -0.15) is 5.26 Å². The molecule has 7 nitrogen and oxygen atoms in total. The molecule has 1 aromatic rings. The number of rotatable bonds is 10. The van der Waals surface area contributed by atoms with E-state index < -0.39 is 5.92 Å². The zero-order valence-corrected chi connectivity index (χ0v) is 21.4. The van der Waals surface area contributed by atoms with Crippen LogP contribution >= 0.6 is 11.8 Å². The predicted octanol–water partition coefficient (Wildman–Crippen LogP) is 3.62. The number of thioether (sulfide) groups is 1. The summed E-state index contributed by atoms with van der Waals surface area (Å²) in [5.41, 5.74) is 2.36. The van der Waals surface area contributed by atoms with Crippen LogP contribution in [-0.4, -0.2) is 77.6 Å². The summed E-state index contributed by atoms with van der Waals surface area (Å²) in [4.78, 5) is 22.1. The number of carbonyl (C=O) groups excluding carboxylic acids is 1. The monoisotopic (exact) mass is 483 g/mol. The maximum atomic E-state index is 13.1. The molecule has 3 heterocycles. The predicted molar refractivity (Wildman–Crippen MR) is 138 cm³/mol. The third-order valence-corrected chi connectivity index (χ3v) is 8.53. The van der Waals surface area contributed by atoms with Gasteiger partial charge >= 0.3 is 0 Å². The lowest BCUT2D eigenvalue weighted by Crippen LogP contribution is -2.41. The van der Waals surface area contributed by atoms with E-state index >= 15 is 0 Å². The van der Waals surface area contributed by atoms with Crippen molar-refractivity contribution in [1.29, 1.82) is 5.26 Å². The van der Waals surface area contributed by atoms with Crippen LogP contribution in [0.5, 0.6) is 0 Å². The number of nitrogens with zero attached hydrogens (tertiary/aromatic N) is 4. The van der Waals surface area contributed by atoms with E-state index in [1.54, 1.807) is 16.7 Å². The van der Waals surface area contributed by atoms with Gasteiger partial charge in [0, 0.05) is 25.3 Å². The molecule has 2 saturated heterocycles. The largest absolute Gasteiger partial charge is 0.478 e. The van der Waals surface area contributed by atoms with Crippen LogP contribution in [0.25, 0.3) is 0 Å². The Morgan fingerprint density at radius 2 is 2.00 bits per heavy atom. The quantitative estimate of drug-likeness (QED) is 0.548. The average molecular weight is 484 g/mol. The molecule has 8 heteroatoms. The lowest BCUT2D eigenvalue weighted by Gasteiger charge is -2.25. The Hall–Kier alpha value is -2.24. The van der Waals surface area contributed by atoms with Crippen LogP contribution in [0, 0.1) is 23.2 Å². The lowest BCUT2D eigenvalue weighted by molar-refractivity contribution is -0.129. The number of aliphatic imine (C=N–C) groups is 1. The second kappa shape index (κ2) is 11.5. The first kappa shape index (κ1) is 24.9. The van der Waals surface area contributed by atoms with Gasteiger partial charge in [0.25, 0.3) is 0 Å². The minimum Gasteiger partial charge on any atom is -0.478 e. The normalized spacial score (nSPS) is 26.0. The highest BCUT2D eigenvalue weighted by atomic mass is 32.2. The van der Waals surface area contributed by atoms with E-state index in [1.165, 1.54) is 31.5 Å². The van der Waals surface area contributed by atoms with Crippen LogP contribution in [-0.2, 0) is 16.0 Å². The molecule has 0 bridgehead atoms. The van der Waals surface area contributed by atoms with Crippen molar-refractivity contribution in [3.05, 3.63) is 29.8 Å². The number of amides is 1. The number of anilines is 1. The molecule has 34 heavy (non-hydrogen) atoms. The van der Waals surface area contributed by atoms with Crippen molar-refractivity contribution in [3.63, 3.8) is 0 Å². The standard InChI is InChI=1S/C26H37N5O2S/c1-4-31-25(32)23(34-26(31)21(15-27)24-29-22(17-33-24)18(2)3)16-28-20-9-7-19(8-10-20)11-14-30-12-5-6-13-30/h7-10,18,21-23,26,28H,4-6,11-14,16-17H2,1-3H3/t21?,22-,23?,26?/m1/s1. The molecule has 0 spiro atoms. The van der Waals surface area contributed by atoms with Crippen molar-refractivity contribution >= 4 is 29.3 Å². The Labute approximate surface area is 207 Å². The van der Waals surface area contributed by atoms with Gasteiger partial charge in [-0.3, -0.25) is 4.79 Å². The number of likely N-dealkylation sites (tertiary alicyclic amines) is 1. The van der Waals surface area contributed by atoms with E-state index in [0.717, 1.165) is 18.7 Å². The zero-order chi connectivity index (χ0) is 24.1. The molecular weight excluding hydrogens is 446 g/mol. The van der Waals surface area contributed by atoms with E-state index in [2.05, 4.69) is 59.4 Å². The molecule has 3 aliphatic heterocycles. The second-order valence-electron chi connectivity index (χ2n) is 9.71. The summed E-state index contributed by atoms with van der Waals surface area (Å²) in [6.07, 6.45) is 3.72. The third-order valence-electron chi connectivity index (χ3n) is 7.03.